The molecule has 0 aliphatic heterocycles. The predicted molar refractivity (Wildman–Crippen MR) is 64.0 cm³/mol. The summed E-state index contributed by atoms with van der Waals surface area (Å²) in [6, 6.07) is 2.19. The van der Waals surface area contributed by atoms with E-state index in [1.165, 1.54) is 27.8 Å². The van der Waals surface area contributed by atoms with Crippen LogP contribution in [0.5, 0.6) is 0 Å². The first kappa shape index (κ1) is 14.9. The first-order valence-corrected chi connectivity index (χ1v) is 5.82. The van der Waals surface area contributed by atoms with Crippen molar-refractivity contribution in [2.24, 2.45) is 0 Å². The second-order valence-corrected chi connectivity index (χ2v) is 4.84. The Bertz CT molecular complexity index is 452. The fourth-order valence-electron chi connectivity index (χ4n) is 2.76. The van der Waals surface area contributed by atoms with Crippen LogP contribution in [0.3, 0.4) is 0 Å². The number of aliphatic carboxylic acids is 1. The smallest absolute Gasteiger partial charge is 0.303 e. The average molecular weight is 307 g/mol. The maximum absolute atomic E-state index is 10.8. The largest absolute Gasteiger partial charge is 0.481 e. The van der Waals surface area contributed by atoms with Crippen LogP contribution >= 0.6 is 0 Å². The number of rotatable bonds is 2. The first-order valence-electron chi connectivity index (χ1n) is 5.82. The van der Waals surface area contributed by atoms with Gasteiger partial charge in [0.05, 0.1) is 6.42 Å². The van der Waals surface area contributed by atoms with Gasteiger partial charge >= 0.3 is 5.97 Å². The van der Waals surface area contributed by atoms with Crippen LogP contribution in [0.4, 0.5) is 0 Å². The van der Waals surface area contributed by atoms with E-state index in [9.17, 15) is 4.79 Å². The Morgan fingerprint density at radius 1 is 1.35 bits per heavy atom. The number of fused-ring (bicyclic) bond motifs is 1. The molecule has 0 aromatic heterocycles. The number of carbonyl (C=O) groups is 1. The van der Waals surface area contributed by atoms with Crippen molar-refractivity contribution in [1.29, 1.82) is 0 Å². The zero-order chi connectivity index (χ0) is 11.9. The molecule has 2 nitrogen and oxygen atoms in total. The Balaban J connectivity index is 0.00000144. The quantitative estimate of drug-likeness (QED) is 0.911. The third-order valence-corrected chi connectivity index (χ3v) is 3.93. The molecule has 89 valence electrons. The number of carboxylic acids is 1. The van der Waals surface area contributed by atoms with Crippen LogP contribution in [-0.4, -0.2) is 11.1 Å². The minimum Gasteiger partial charge on any atom is -0.481 e. The molecule has 1 atom stereocenters. The van der Waals surface area contributed by atoms with E-state index in [0.29, 0.717) is 0 Å². The molecule has 0 heterocycles. The summed E-state index contributed by atoms with van der Waals surface area (Å²) in [7, 11) is 0. The Hall–Kier alpha value is -0.206. The van der Waals surface area contributed by atoms with Crippen LogP contribution < -0.4 is 0 Å². The molecule has 0 spiro atoms. The molecule has 0 bridgehead atoms. The van der Waals surface area contributed by atoms with Gasteiger partial charge in [0.1, 0.15) is 0 Å². The molecule has 1 aromatic rings. The van der Waals surface area contributed by atoms with Crippen LogP contribution in [0.25, 0.3) is 0 Å². The first-order chi connectivity index (χ1) is 7.50. The zero-order valence-electron chi connectivity index (χ0n) is 10.7. The number of carboxylic acid groups (broad SMARTS) is 1. The van der Waals surface area contributed by atoms with Gasteiger partial charge in [-0.1, -0.05) is 6.07 Å². The summed E-state index contributed by atoms with van der Waals surface area (Å²) in [5, 5.41) is 8.89. The van der Waals surface area contributed by atoms with Crippen molar-refractivity contribution < 1.29 is 42.6 Å². The van der Waals surface area contributed by atoms with Gasteiger partial charge in [0.25, 0.3) is 0 Å². The molecule has 1 aliphatic rings. The second-order valence-electron chi connectivity index (χ2n) is 4.84. The fourth-order valence-corrected chi connectivity index (χ4v) is 2.76. The van der Waals surface area contributed by atoms with Gasteiger partial charge in [-0.3, -0.25) is 4.79 Å². The minimum atomic E-state index is -0.686. The van der Waals surface area contributed by atoms with E-state index >= 15 is 0 Å². The number of hydrogen-bond donors (Lipinski definition) is 1. The molecule has 1 radical (unpaired) electrons. The summed E-state index contributed by atoms with van der Waals surface area (Å²) < 4.78 is 0. The van der Waals surface area contributed by atoms with Crippen molar-refractivity contribution in [3.05, 3.63) is 33.9 Å². The zero-order valence-corrected chi connectivity index (χ0v) is 13.5. The van der Waals surface area contributed by atoms with Crippen molar-refractivity contribution in [1.82, 2.24) is 0 Å². The summed E-state index contributed by atoms with van der Waals surface area (Å²) in [4.78, 5) is 10.8. The van der Waals surface area contributed by atoms with Gasteiger partial charge in [0.2, 0.25) is 0 Å². The second kappa shape index (κ2) is 5.62. The summed E-state index contributed by atoms with van der Waals surface area (Å²) in [5.74, 6) is -0.459. The predicted octanol–water partition coefficient (Wildman–Crippen LogP) is 3.11. The molecule has 3 heteroatoms. The topological polar surface area (TPSA) is 37.3 Å². The van der Waals surface area contributed by atoms with E-state index in [-0.39, 0.29) is 45.0 Å². The third-order valence-electron chi connectivity index (χ3n) is 3.93. The number of hydrogen-bond acceptors (Lipinski definition) is 1. The van der Waals surface area contributed by atoms with Crippen molar-refractivity contribution in [2.45, 2.75) is 46.0 Å². The molecule has 1 aromatic carbocycles. The molecular formula is C14H18O2Y. The summed E-state index contributed by atoms with van der Waals surface area (Å²) in [5.41, 5.74) is 6.68. The van der Waals surface area contributed by atoms with Gasteiger partial charge < -0.3 is 5.11 Å². The average Bonchev–Trinajstić information content (AvgIpc) is 2.58. The van der Waals surface area contributed by atoms with Gasteiger partial charge in [-0.25, -0.2) is 0 Å². The van der Waals surface area contributed by atoms with Crippen molar-refractivity contribution in [2.75, 3.05) is 0 Å². The molecule has 0 amide bonds. The standard InChI is InChI=1S/C14H18O2.Y/c1-8-6-13-11(7-14(15)16)4-5-12(13)10(3)9(8)2;/h6,11H,4-5,7H2,1-3H3,(H,15,16);. The maximum Gasteiger partial charge on any atom is 0.303 e. The summed E-state index contributed by atoms with van der Waals surface area (Å²) in [6.45, 7) is 6.42. The van der Waals surface area contributed by atoms with E-state index in [1.807, 2.05) is 0 Å². The Morgan fingerprint density at radius 3 is 2.59 bits per heavy atom. The molecule has 0 saturated carbocycles. The number of aryl methyl sites for hydroxylation is 1. The van der Waals surface area contributed by atoms with Crippen LogP contribution in [0.15, 0.2) is 6.07 Å². The fraction of sp³-hybridized carbons (Fsp3) is 0.500. The summed E-state index contributed by atoms with van der Waals surface area (Å²) in [6.07, 6.45) is 2.31. The molecular weight excluding hydrogens is 289 g/mol. The van der Waals surface area contributed by atoms with Crippen LogP contribution in [0.1, 0.15) is 46.6 Å². The molecule has 0 saturated heterocycles. The van der Waals surface area contributed by atoms with Crippen molar-refractivity contribution in [3.63, 3.8) is 0 Å². The van der Waals surface area contributed by atoms with E-state index in [2.05, 4.69) is 26.8 Å². The van der Waals surface area contributed by atoms with Crippen molar-refractivity contribution in [3.8, 4) is 0 Å². The summed E-state index contributed by atoms with van der Waals surface area (Å²) >= 11 is 0. The monoisotopic (exact) mass is 307 g/mol. The molecule has 0 fully saturated rings. The van der Waals surface area contributed by atoms with Gasteiger partial charge in [-0.2, -0.15) is 0 Å². The molecule has 1 unspecified atom stereocenters. The van der Waals surface area contributed by atoms with E-state index in [4.69, 9.17) is 5.11 Å². The number of benzene rings is 1. The van der Waals surface area contributed by atoms with E-state index < -0.39 is 5.97 Å². The van der Waals surface area contributed by atoms with Crippen LogP contribution in [-0.2, 0) is 43.9 Å². The Labute approximate surface area is 128 Å². The molecule has 1 N–H and O–H groups in total. The SMILES string of the molecule is Cc1cc2c(c(C)c1C)CCC2CC(=O)O.[Y]. The van der Waals surface area contributed by atoms with Gasteiger partial charge in [-0.15, -0.1) is 0 Å². The molecule has 1 aliphatic carbocycles. The minimum absolute atomic E-state index is 0. The normalized spacial score (nSPS) is 17.5. The Kier molecular flexibility index (Phi) is 4.91. The van der Waals surface area contributed by atoms with Crippen LogP contribution in [0, 0.1) is 20.8 Å². The third kappa shape index (κ3) is 2.79. The van der Waals surface area contributed by atoms with Crippen LogP contribution in [0.2, 0.25) is 0 Å². The maximum atomic E-state index is 10.8. The van der Waals surface area contributed by atoms with E-state index in [0.717, 1.165) is 12.8 Å². The van der Waals surface area contributed by atoms with E-state index in [1.54, 1.807) is 0 Å². The molecule has 17 heavy (non-hydrogen) atoms. The van der Waals surface area contributed by atoms with Gasteiger partial charge in [-0.05, 0) is 67.3 Å². The van der Waals surface area contributed by atoms with Crippen molar-refractivity contribution >= 4 is 5.97 Å². The Morgan fingerprint density at radius 2 is 2.00 bits per heavy atom. The molecule has 2 rings (SSSR count). The van der Waals surface area contributed by atoms with Gasteiger partial charge in [0.15, 0.2) is 0 Å². The van der Waals surface area contributed by atoms with Gasteiger partial charge in [0, 0.05) is 32.7 Å².